The highest BCUT2D eigenvalue weighted by atomic mass is 16.5. The van der Waals surface area contributed by atoms with Gasteiger partial charge in [-0.15, -0.1) is 0 Å². The smallest absolute Gasteiger partial charge is 0.326 e. The molecule has 0 aliphatic carbocycles. The lowest BCUT2D eigenvalue weighted by Gasteiger charge is -2.29. The Morgan fingerprint density at radius 3 is 2.50 bits per heavy atom. The van der Waals surface area contributed by atoms with Crippen molar-refractivity contribution in [3.63, 3.8) is 0 Å². The van der Waals surface area contributed by atoms with Crippen molar-refractivity contribution >= 4 is 17.8 Å². The molecule has 1 aromatic carbocycles. The van der Waals surface area contributed by atoms with Crippen LogP contribution in [0.2, 0.25) is 0 Å². The summed E-state index contributed by atoms with van der Waals surface area (Å²) < 4.78 is 7.42. The van der Waals surface area contributed by atoms with Crippen molar-refractivity contribution in [1.29, 1.82) is 0 Å². The van der Waals surface area contributed by atoms with E-state index in [0.717, 1.165) is 17.1 Å². The summed E-state index contributed by atoms with van der Waals surface area (Å²) >= 11 is 0. The van der Waals surface area contributed by atoms with E-state index in [0.29, 0.717) is 30.7 Å². The van der Waals surface area contributed by atoms with Crippen molar-refractivity contribution in [1.82, 2.24) is 14.8 Å². The van der Waals surface area contributed by atoms with Gasteiger partial charge in [0.1, 0.15) is 17.8 Å². The molecular weight excluding hydrogens is 410 g/mol. The number of hydrogen-bond donors (Lipinski definition) is 2. The second-order valence-electron chi connectivity index (χ2n) is 8.52. The molecular formula is C24H31N3O5. The lowest BCUT2D eigenvalue weighted by Crippen LogP contribution is -2.53. The number of methoxy groups -OCH3 is 1. The second-order valence-corrected chi connectivity index (χ2v) is 8.52. The van der Waals surface area contributed by atoms with E-state index in [-0.39, 0.29) is 17.7 Å². The van der Waals surface area contributed by atoms with Crippen molar-refractivity contribution in [3.05, 3.63) is 47.3 Å². The molecule has 1 aliphatic heterocycles. The van der Waals surface area contributed by atoms with Crippen molar-refractivity contribution in [2.45, 2.75) is 52.6 Å². The number of likely N-dealkylation sites (tertiary alicyclic amines) is 1. The van der Waals surface area contributed by atoms with Crippen LogP contribution in [0.15, 0.2) is 30.3 Å². The quantitative estimate of drug-likeness (QED) is 0.688. The second kappa shape index (κ2) is 9.46. The number of nitrogens with one attached hydrogen (secondary N) is 1. The standard InChI is InChI=1S/C24H31N3O5/c1-14(2)21(23(29)26-12-8-10-19(26)24(30)31)25-22(28)17-13-15(3)27(16(17)4)18-9-6-7-11-20(18)32-5/h6-7,9,11,13-14,19,21H,8,10,12H2,1-5H3,(H,25,28)(H,30,31). The Balaban J connectivity index is 1.88. The zero-order valence-electron chi connectivity index (χ0n) is 19.2. The lowest BCUT2D eigenvalue weighted by molar-refractivity contribution is -0.149. The average Bonchev–Trinajstić information content (AvgIpc) is 3.36. The number of hydrogen-bond acceptors (Lipinski definition) is 4. The number of rotatable bonds is 7. The zero-order valence-corrected chi connectivity index (χ0v) is 19.2. The Morgan fingerprint density at radius 2 is 1.88 bits per heavy atom. The third kappa shape index (κ3) is 4.35. The summed E-state index contributed by atoms with van der Waals surface area (Å²) in [5, 5.41) is 12.3. The summed E-state index contributed by atoms with van der Waals surface area (Å²) in [6, 6.07) is 7.70. The van der Waals surface area contributed by atoms with Gasteiger partial charge < -0.3 is 24.6 Å². The maximum Gasteiger partial charge on any atom is 0.326 e. The molecule has 1 fully saturated rings. The number of carboxylic acid groups (broad SMARTS) is 1. The van der Waals surface area contributed by atoms with Crippen LogP contribution < -0.4 is 10.1 Å². The van der Waals surface area contributed by atoms with E-state index in [1.54, 1.807) is 13.2 Å². The maximum absolute atomic E-state index is 13.2. The van der Waals surface area contributed by atoms with E-state index in [1.807, 2.05) is 56.5 Å². The number of carboxylic acids is 1. The van der Waals surface area contributed by atoms with Gasteiger partial charge in [0.25, 0.3) is 5.91 Å². The summed E-state index contributed by atoms with van der Waals surface area (Å²) in [6.45, 7) is 7.82. The van der Waals surface area contributed by atoms with Crippen LogP contribution in [0.5, 0.6) is 5.75 Å². The Morgan fingerprint density at radius 1 is 1.19 bits per heavy atom. The third-order valence-electron chi connectivity index (χ3n) is 6.04. The molecule has 0 radical (unpaired) electrons. The van der Waals surface area contributed by atoms with Gasteiger partial charge in [0, 0.05) is 17.9 Å². The summed E-state index contributed by atoms with van der Waals surface area (Å²) in [6.07, 6.45) is 1.07. The highest BCUT2D eigenvalue weighted by Crippen LogP contribution is 2.28. The molecule has 3 rings (SSSR count). The molecule has 172 valence electrons. The van der Waals surface area contributed by atoms with E-state index in [2.05, 4.69) is 5.32 Å². The fraction of sp³-hybridized carbons (Fsp3) is 0.458. The first kappa shape index (κ1) is 23.4. The Hall–Kier alpha value is -3.29. The molecule has 2 aromatic rings. The van der Waals surface area contributed by atoms with Crippen molar-refractivity contribution in [3.8, 4) is 11.4 Å². The van der Waals surface area contributed by atoms with Gasteiger partial charge in [-0.3, -0.25) is 9.59 Å². The van der Waals surface area contributed by atoms with E-state index in [9.17, 15) is 19.5 Å². The molecule has 0 saturated carbocycles. The van der Waals surface area contributed by atoms with Crippen molar-refractivity contribution in [2.24, 2.45) is 5.92 Å². The van der Waals surface area contributed by atoms with Gasteiger partial charge in [0.05, 0.1) is 18.4 Å². The van der Waals surface area contributed by atoms with E-state index in [1.165, 1.54) is 4.90 Å². The number of aromatic nitrogens is 1. The first-order valence-corrected chi connectivity index (χ1v) is 10.8. The average molecular weight is 442 g/mol. The largest absolute Gasteiger partial charge is 0.495 e. The zero-order chi connectivity index (χ0) is 23.6. The Bertz CT molecular complexity index is 1030. The van der Waals surface area contributed by atoms with Gasteiger partial charge in [-0.1, -0.05) is 26.0 Å². The minimum atomic E-state index is -1.01. The van der Waals surface area contributed by atoms with Crippen LogP contribution in [0, 0.1) is 19.8 Å². The van der Waals surface area contributed by atoms with Crippen molar-refractivity contribution < 1.29 is 24.2 Å². The highest BCUT2D eigenvalue weighted by Gasteiger charge is 2.38. The number of nitrogens with zero attached hydrogens (tertiary/aromatic N) is 2. The maximum atomic E-state index is 13.2. The van der Waals surface area contributed by atoms with Gasteiger partial charge >= 0.3 is 5.97 Å². The fourth-order valence-electron chi connectivity index (χ4n) is 4.38. The predicted octanol–water partition coefficient (Wildman–Crippen LogP) is 2.93. The van der Waals surface area contributed by atoms with Gasteiger partial charge in [0.2, 0.25) is 5.91 Å². The van der Waals surface area contributed by atoms with Crippen LogP contribution in [0.3, 0.4) is 0 Å². The molecule has 0 spiro atoms. The molecule has 2 atom stereocenters. The van der Waals surface area contributed by atoms with Crippen LogP contribution in [0.4, 0.5) is 0 Å². The van der Waals surface area contributed by atoms with Gasteiger partial charge in [0.15, 0.2) is 0 Å². The van der Waals surface area contributed by atoms with E-state index >= 15 is 0 Å². The molecule has 1 aromatic heterocycles. The number of para-hydroxylation sites is 2. The number of benzene rings is 1. The fourth-order valence-corrected chi connectivity index (χ4v) is 4.38. The molecule has 8 nitrogen and oxygen atoms in total. The first-order valence-electron chi connectivity index (χ1n) is 10.8. The van der Waals surface area contributed by atoms with Crippen LogP contribution in [0.1, 0.15) is 48.4 Å². The minimum Gasteiger partial charge on any atom is -0.495 e. The molecule has 8 heteroatoms. The van der Waals surface area contributed by atoms with Crippen LogP contribution in [0.25, 0.3) is 5.69 Å². The molecule has 2 amide bonds. The summed E-state index contributed by atoms with van der Waals surface area (Å²) in [5.41, 5.74) is 2.86. The number of carbonyl (C=O) groups excluding carboxylic acids is 2. The van der Waals surface area contributed by atoms with E-state index < -0.39 is 18.1 Å². The first-order chi connectivity index (χ1) is 15.2. The number of amides is 2. The minimum absolute atomic E-state index is 0.195. The lowest BCUT2D eigenvalue weighted by atomic mass is 10.0. The Kier molecular flexibility index (Phi) is 6.91. The predicted molar refractivity (Wildman–Crippen MR) is 120 cm³/mol. The number of carbonyl (C=O) groups is 3. The van der Waals surface area contributed by atoms with Gasteiger partial charge in [-0.2, -0.15) is 0 Å². The monoisotopic (exact) mass is 441 g/mol. The van der Waals surface area contributed by atoms with Crippen LogP contribution in [-0.4, -0.2) is 58.1 Å². The summed E-state index contributed by atoms with van der Waals surface area (Å²) in [4.78, 5) is 39.3. The molecule has 1 saturated heterocycles. The molecule has 2 unspecified atom stereocenters. The van der Waals surface area contributed by atoms with Crippen molar-refractivity contribution in [2.75, 3.05) is 13.7 Å². The highest BCUT2D eigenvalue weighted by molar-refractivity contribution is 5.99. The van der Waals surface area contributed by atoms with Crippen LogP contribution >= 0.6 is 0 Å². The summed E-state index contributed by atoms with van der Waals surface area (Å²) in [5.74, 6) is -1.23. The normalized spacial score (nSPS) is 16.8. The van der Waals surface area contributed by atoms with Gasteiger partial charge in [-0.05, 0) is 50.8 Å². The number of ether oxygens (including phenoxy) is 1. The third-order valence-corrected chi connectivity index (χ3v) is 6.04. The van der Waals surface area contributed by atoms with E-state index in [4.69, 9.17) is 4.74 Å². The molecule has 2 N–H and O–H groups in total. The Labute approximate surface area is 188 Å². The topological polar surface area (TPSA) is 101 Å². The number of aliphatic carboxylic acids is 1. The van der Waals surface area contributed by atoms with Crippen LogP contribution in [-0.2, 0) is 9.59 Å². The number of aryl methyl sites for hydroxylation is 1. The SMILES string of the molecule is COc1ccccc1-n1c(C)cc(C(=O)NC(C(=O)N2CCCC2C(=O)O)C(C)C)c1C. The molecule has 2 heterocycles. The molecule has 0 bridgehead atoms. The molecule has 1 aliphatic rings. The van der Waals surface area contributed by atoms with Gasteiger partial charge in [-0.25, -0.2) is 4.79 Å². The molecule has 32 heavy (non-hydrogen) atoms. The summed E-state index contributed by atoms with van der Waals surface area (Å²) in [7, 11) is 1.60.